The minimum atomic E-state index is -0.432. The molecule has 0 fully saturated rings. The largest absolute Gasteiger partial charge is 0.491 e. The first-order valence-electron chi connectivity index (χ1n) is 3.94. The van der Waals surface area contributed by atoms with Crippen LogP contribution in [0.25, 0.3) is 0 Å². The molecule has 0 saturated heterocycles. The van der Waals surface area contributed by atoms with Gasteiger partial charge in [-0.3, -0.25) is 4.79 Å². The Morgan fingerprint density at radius 3 is 3.00 bits per heavy atom. The van der Waals surface area contributed by atoms with Crippen molar-refractivity contribution >= 4 is 17.5 Å². The molecule has 1 aliphatic heterocycles. The number of carbonyl (C=O) groups is 1. The summed E-state index contributed by atoms with van der Waals surface area (Å²) in [6.45, 7) is 0.569. The standard InChI is InChI=1S/C9H8ClNO2/c10-7-2-1-6(9(11)12)5-3-4-13-8(5)7/h1-2H,3-4H2,(H2,11,12). The van der Waals surface area contributed by atoms with Crippen LogP contribution in [-0.4, -0.2) is 12.5 Å². The van der Waals surface area contributed by atoms with Crippen molar-refractivity contribution in [1.29, 1.82) is 0 Å². The van der Waals surface area contributed by atoms with Gasteiger partial charge in [-0.2, -0.15) is 0 Å². The predicted octanol–water partition coefficient (Wildman–Crippen LogP) is 1.37. The third-order valence-electron chi connectivity index (χ3n) is 2.08. The number of hydrogen-bond acceptors (Lipinski definition) is 2. The third kappa shape index (κ3) is 1.25. The maximum atomic E-state index is 11.0. The number of carbonyl (C=O) groups excluding carboxylic acids is 1. The van der Waals surface area contributed by atoms with E-state index >= 15 is 0 Å². The molecule has 1 heterocycles. The minimum absolute atomic E-state index is 0.432. The topological polar surface area (TPSA) is 52.3 Å². The van der Waals surface area contributed by atoms with Crippen LogP contribution in [0.5, 0.6) is 5.75 Å². The lowest BCUT2D eigenvalue weighted by Crippen LogP contribution is -2.13. The van der Waals surface area contributed by atoms with Gasteiger partial charge >= 0.3 is 0 Å². The van der Waals surface area contributed by atoms with Crippen LogP contribution in [0.3, 0.4) is 0 Å². The monoisotopic (exact) mass is 197 g/mol. The molecule has 1 aliphatic rings. The zero-order valence-corrected chi connectivity index (χ0v) is 7.60. The maximum Gasteiger partial charge on any atom is 0.249 e. The smallest absolute Gasteiger partial charge is 0.249 e. The summed E-state index contributed by atoms with van der Waals surface area (Å²) in [6, 6.07) is 3.27. The Balaban J connectivity index is 2.62. The highest BCUT2D eigenvalue weighted by Gasteiger charge is 2.21. The molecule has 0 radical (unpaired) electrons. The van der Waals surface area contributed by atoms with Crippen molar-refractivity contribution in [2.45, 2.75) is 6.42 Å². The first-order valence-corrected chi connectivity index (χ1v) is 4.32. The minimum Gasteiger partial charge on any atom is -0.491 e. The molecular weight excluding hydrogens is 190 g/mol. The molecule has 0 aromatic heterocycles. The highest BCUT2D eigenvalue weighted by Crippen LogP contribution is 2.35. The molecule has 0 saturated carbocycles. The number of benzene rings is 1. The van der Waals surface area contributed by atoms with Crippen molar-refractivity contribution in [3.8, 4) is 5.75 Å². The summed E-state index contributed by atoms with van der Waals surface area (Å²) in [5.74, 6) is 0.177. The summed E-state index contributed by atoms with van der Waals surface area (Å²) < 4.78 is 5.28. The summed E-state index contributed by atoms with van der Waals surface area (Å²) in [7, 11) is 0. The molecular formula is C9H8ClNO2. The van der Waals surface area contributed by atoms with Crippen molar-refractivity contribution < 1.29 is 9.53 Å². The number of fused-ring (bicyclic) bond motifs is 1. The van der Waals surface area contributed by atoms with E-state index in [0.717, 1.165) is 5.56 Å². The highest BCUT2D eigenvalue weighted by atomic mass is 35.5. The number of hydrogen-bond donors (Lipinski definition) is 1. The third-order valence-corrected chi connectivity index (χ3v) is 2.37. The fourth-order valence-electron chi connectivity index (χ4n) is 1.49. The summed E-state index contributed by atoms with van der Waals surface area (Å²) in [5.41, 5.74) is 6.54. The van der Waals surface area contributed by atoms with Crippen molar-refractivity contribution in [3.63, 3.8) is 0 Å². The Hall–Kier alpha value is -1.22. The Bertz CT molecular complexity index is 376. The van der Waals surface area contributed by atoms with Gasteiger partial charge < -0.3 is 10.5 Å². The van der Waals surface area contributed by atoms with Gasteiger partial charge in [0.25, 0.3) is 0 Å². The van der Waals surface area contributed by atoms with E-state index in [4.69, 9.17) is 22.1 Å². The molecule has 0 unspecified atom stereocenters. The average molecular weight is 198 g/mol. The Morgan fingerprint density at radius 1 is 1.54 bits per heavy atom. The molecule has 2 rings (SSSR count). The zero-order valence-electron chi connectivity index (χ0n) is 6.84. The van der Waals surface area contributed by atoms with E-state index in [9.17, 15) is 4.79 Å². The lowest BCUT2D eigenvalue weighted by molar-refractivity contribution is 0.0999. The van der Waals surface area contributed by atoms with Crippen LogP contribution >= 0.6 is 11.6 Å². The first-order chi connectivity index (χ1) is 6.20. The van der Waals surface area contributed by atoms with Crippen LogP contribution in [0, 0.1) is 0 Å². The molecule has 1 aromatic rings. The van der Waals surface area contributed by atoms with Crippen LogP contribution in [0.4, 0.5) is 0 Å². The van der Waals surface area contributed by atoms with Gasteiger partial charge in [0.2, 0.25) is 5.91 Å². The molecule has 3 nitrogen and oxygen atoms in total. The molecule has 4 heteroatoms. The van der Waals surface area contributed by atoms with Crippen molar-refractivity contribution in [2.24, 2.45) is 5.73 Å². The van der Waals surface area contributed by atoms with E-state index in [2.05, 4.69) is 0 Å². The molecule has 0 bridgehead atoms. The molecule has 68 valence electrons. The maximum absolute atomic E-state index is 11.0. The van der Waals surface area contributed by atoms with E-state index < -0.39 is 5.91 Å². The van der Waals surface area contributed by atoms with Gasteiger partial charge in [-0.15, -0.1) is 0 Å². The van der Waals surface area contributed by atoms with Gasteiger partial charge in [-0.25, -0.2) is 0 Å². The number of nitrogens with two attached hydrogens (primary N) is 1. The number of amides is 1. The SMILES string of the molecule is NC(=O)c1ccc(Cl)c2c1CCO2. The molecule has 1 aromatic carbocycles. The number of halogens is 1. The van der Waals surface area contributed by atoms with Crippen molar-refractivity contribution in [2.75, 3.05) is 6.61 Å². The van der Waals surface area contributed by atoms with Crippen molar-refractivity contribution in [3.05, 3.63) is 28.3 Å². The zero-order chi connectivity index (χ0) is 9.42. The van der Waals surface area contributed by atoms with Gasteiger partial charge in [0.15, 0.2) is 0 Å². The van der Waals surface area contributed by atoms with Crippen LogP contribution in [0.1, 0.15) is 15.9 Å². The lowest BCUT2D eigenvalue weighted by atomic mass is 10.0. The number of ether oxygens (including phenoxy) is 1. The summed E-state index contributed by atoms with van der Waals surface area (Å²) in [5, 5.41) is 0.539. The van der Waals surface area contributed by atoms with E-state index in [-0.39, 0.29) is 0 Å². The van der Waals surface area contributed by atoms with E-state index in [1.165, 1.54) is 0 Å². The van der Waals surface area contributed by atoms with E-state index in [1.54, 1.807) is 12.1 Å². The quantitative estimate of drug-likeness (QED) is 0.740. The number of primary amides is 1. The average Bonchev–Trinajstić information content (AvgIpc) is 2.53. The summed E-state index contributed by atoms with van der Waals surface area (Å²) in [4.78, 5) is 11.0. The molecule has 1 amide bonds. The Labute approximate surface area is 80.4 Å². The Kier molecular flexibility index (Phi) is 1.88. The van der Waals surface area contributed by atoms with Gasteiger partial charge in [0.05, 0.1) is 11.6 Å². The molecule has 0 spiro atoms. The fourth-order valence-corrected chi connectivity index (χ4v) is 1.72. The van der Waals surface area contributed by atoms with E-state index in [1.807, 2.05) is 0 Å². The fraction of sp³-hybridized carbons (Fsp3) is 0.222. The van der Waals surface area contributed by atoms with Gasteiger partial charge in [0, 0.05) is 17.5 Å². The molecule has 0 atom stereocenters. The molecule has 2 N–H and O–H groups in total. The lowest BCUT2D eigenvalue weighted by Gasteiger charge is -2.04. The summed E-state index contributed by atoms with van der Waals surface area (Å²) >= 11 is 5.87. The Morgan fingerprint density at radius 2 is 2.31 bits per heavy atom. The van der Waals surface area contributed by atoms with Crippen LogP contribution in [0.15, 0.2) is 12.1 Å². The first kappa shape index (κ1) is 8.38. The van der Waals surface area contributed by atoms with Gasteiger partial charge in [0.1, 0.15) is 5.75 Å². The predicted molar refractivity (Wildman–Crippen MR) is 49.2 cm³/mol. The summed E-state index contributed by atoms with van der Waals surface area (Å²) in [6.07, 6.45) is 0.703. The van der Waals surface area contributed by atoms with Gasteiger partial charge in [-0.05, 0) is 12.1 Å². The second-order valence-corrected chi connectivity index (χ2v) is 3.27. The van der Waals surface area contributed by atoms with Crippen LogP contribution in [0.2, 0.25) is 5.02 Å². The second kappa shape index (κ2) is 2.92. The highest BCUT2D eigenvalue weighted by molar-refractivity contribution is 6.32. The molecule has 13 heavy (non-hydrogen) atoms. The van der Waals surface area contributed by atoms with Crippen molar-refractivity contribution in [1.82, 2.24) is 0 Å². The van der Waals surface area contributed by atoms with Crippen LogP contribution in [-0.2, 0) is 6.42 Å². The van der Waals surface area contributed by atoms with Gasteiger partial charge in [-0.1, -0.05) is 11.6 Å². The normalized spacial score (nSPS) is 13.6. The second-order valence-electron chi connectivity index (χ2n) is 2.87. The van der Waals surface area contributed by atoms with E-state index in [0.29, 0.717) is 29.4 Å². The molecule has 0 aliphatic carbocycles. The number of rotatable bonds is 1. The van der Waals surface area contributed by atoms with Crippen LogP contribution < -0.4 is 10.5 Å².